The molecule has 1 aliphatic rings. The van der Waals surface area contributed by atoms with E-state index in [1.165, 1.54) is 11.3 Å². The van der Waals surface area contributed by atoms with Gasteiger partial charge in [-0.25, -0.2) is 4.98 Å². The Bertz CT molecular complexity index is 705. The van der Waals surface area contributed by atoms with Gasteiger partial charge in [0, 0.05) is 30.1 Å². The number of likely N-dealkylation sites (tertiary alicyclic amines) is 1. The van der Waals surface area contributed by atoms with Gasteiger partial charge in [0.05, 0.1) is 12.0 Å². The molecule has 0 saturated carbocycles. The molecule has 1 aromatic carbocycles. The van der Waals surface area contributed by atoms with Crippen LogP contribution in [0.4, 0.5) is 5.13 Å². The fraction of sp³-hybridized carbons (Fsp3) is 0.267. The predicted octanol–water partition coefficient (Wildman–Crippen LogP) is 2.95. The molecule has 1 aromatic heterocycles. The predicted molar refractivity (Wildman–Crippen MR) is 85.8 cm³/mol. The average molecular weight is 336 g/mol. The van der Waals surface area contributed by atoms with Crippen molar-refractivity contribution in [3.8, 4) is 0 Å². The second-order valence-electron chi connectivity index (χ2n) is 5.14. The third kappa shape index (κ3) is 2.84. The Kier molecular flexibility index (Phi) is 4.13. The Morgan fingerprint density at radius 2 is 2.32 bits per heavy atom. The molecule has 3 rings (SSSR count). The lowest BCUT2D eigenvalue weighted by Crippen LogP contribution is -2.30. The molecule has 2 heterocycles. The summed E-state index contributed by atoms with van der Waals surface area (Å²) in [5.74, 6) is -0.707. The van der Waals surface area contributed by atoms with Crippen LogP contribution in [0.1, 0.15) is 18.0 Å². The van der Waals surface area contributed by atoms with Gasteiger partial charge >= 0.3 is 0 Å². The van der Waals surface area contributed by atoms with E-state index in [1.54, 1.807) is 35.7 Å². The van der Waals surface area contributed by atoms with E-state index >= 15 is 0 Å². The molecule has 114 valence electrons. The van der Waals surface area contributed by atoms with Crippen LogP contribution in [0.5, 0.6) is 0 Å². The summed E-state index contributed by atoms with van der Waals surface area (Å²) in [7, 11) is 1.71. The van der Waals surface area contributed by atoms with Crippen LogP contribution >= 0.6 is 22.9 Å². The van der Waals surface area contributed by atoms with Crippen molar-refractivity contribution < 1.29 is 9.59 Å². The first kappa shape index (κ1) is 15.0. The lowest BCUT2D eigenvalue weighted by Gasteiger charge is -2.24. The van der Waals surface area contributed by atoms with Crippen molar-refractivity contribution in [3.63, 3.8) is 0 Å². The Labute approximate surface area is 136 Å². The number of hydrogen-bond acceptors (Lipinski definition) is 4. The number of carbonyl (C=O) groups is 2. The minimum atomic E-state index is -0.458. The van der Waals surface area contributed by atoms with Gasteiger partial charge in [0.1, 0.15) is 0 Å². The average Bonchev–Trinajstić information content (AvgIpc) is 3.08. The summed E-state index contributed by atoms with van der Waals surface area (Å²) < 4.78 is 0. The molecule has 22 heavy (non-hydrogen) atoms. The molecule has 0 unspecified atom stereocenters. The van der Waals surface area contributed by atoms with Crippen LogP contribution in [0.25, 0.3) is 0 Å². The number of benzene rings is 1. The zero-order valence-corrected chi connectivity index (χ0v) is 13.4. The number of nitrogens with one attached hydrogen (secondary N) is 1. The largest absolute Gasteiger partial charge is 0.338 e. The van der Waals surface area contributed by atoms with Crippen molar-refractivity contribution in [2.45, 2.75) is 12.5 Å². The minimum absolute atomic E-state index is 0.0516. The molecule has 2 amide bonds. The Hall–Kier alpha value is -1.92. The number of nitrogens with zero attached hydrogens (tertiary/aromatic N) is 2. The number of thiazole rings is 1. The summed E-state index contributed by atoms with van der Waals surface area (Å²) in [5, 5.41) is 5.69. The quantitative estimate of drug-likeness (QED) is 0.938. The van der Waals surface area contributed by atoms with Crippen LogP contribution in [0.3, 0.4) is 0 Å². The first-order chi connectivity index (χ1) is 10.6. The Morgan fingerprint density at radius 3 is 3.00 bits per heavy atom. The molecule has 0 radical (unpaired) electrons. The van der Waals surface area contributed by atoms with Gasteiger partial charge in [-0.15, -0.1) is 11.3 Å². The summed E-state index contributed by atoms with van der Waals surface area (Å²) >= 11 is 7.39. The summed E-state index contributed by atoms with van der Waals surface area (Å²) in [6.07, 6.45) is 1.81. The maximum atomic E-state index is 12.5. The highest BCUT2D eigenvalue weighted by molar-refractivity contribution is 7.13. The Balaban J connectivity index is 1.88. The highest BCUT2D eigenvalue weighted by Gasteiger charge is 2.42. The molecule has 7 heteroatoms. The number of amides is 2. The zero-order valence-electron chi connectivity index (χ0n) is 11.8. The van der Waals surface area contributed by atoms with Crippen LogP contribution in [0, 0.1) is 5.92 Å². The number of anilines is 1. The highest BCUT2D eigenvalue weighted by Crippen LogP contribution is 2.38. The smallest absolute Gasteiger partial charge is 0.232 e. The molecular weight excluding hydrogens is 322 g/mol. The van der Waals surface area contributed by atoms with E-state index in [0.717, 1.165) is 5.56 Å². The van der Waals surface area contributed by atoms with Gasteiger partial charge in [0.25, 0.3) is 0 Å². The molecule has 5 nitrogen and oxygen atoms in total. The maximum Gasteiger partial charge on any atom is 0.232 e. The first-order valence-electron chi connectivity index (χ1n) is 6.78. The number of rotatable bonds is 3. The van der Waals surface area contributed by atoms with E-state index in [1.807, 2.05) is 12.1 Å². The topological polar surface area (TPSA) is 62.3 Å². The van der Waals surface area contributed by atoms with Crippen molar-refractivity contribution in [3.05, 3.63) is 46.4 Å². The van der Waals surface area contributed by atoms with Crippen molar-refractivity contribution in [1.29, 1.82) is 0 Å². The molecule has 0 spiro atoms. The van der Waals surface area contributed by atoms with E-state index < -0.39 is 5.92 Å². The molecule has 1 saturated heterocycles. The fourth-order valence-corrected chi connectivity index (χ4v) is 3.47. The molecule has 0 aliphatic carbocycles. The lowest BCUT2D eigenvalue weighted by atomic mass is 9.93. The van der Waals surface area contributed by atoms with Gasteiger partial charge < -0.3 is 10.2 Å². The van der Waals surface area contributed by atoms with E-state index in [2.05, 4.69) is 10.3 Å². The number of halogens is 1. The van der Waals surface area contributed by atoms with Gasteiger partial charge in [-0.3, -0.25) is 9.59 Å². The highest BCUT2D eigenvalue weighted by atomic mass is 35.5. The maximum absolute atomic E-state index is 12.5. The Morgan fingerprint density at radius 1 is 1.50 bits per heavy atom. The SMILES string of the molecule is CN1C(=O)C[C@@H](C(=O)Nc2nccs2)[C@@H]1c1cccc(Cl)c1. The van der Waals surface area contributed by atoms with Crippen molar-refractivity contribution >= 4 is 39.9 Å². The van der Waals surface area contributed by atoms with E-state index in [0.29, 0.717) is 10.2 Å². The molecule has 0 bridgehead atoms. The van der Waals surface area contributed by atoms with Crippen LogP contribution in [0.2, 0.25) is 5.02 Å². The number of hydrogen-bond donors (Lipinski definition) is 1. The van der Waals surface area contributed by atoms with Crippen molar-refractivity contribution in [2.24, 2.45) is 5.92 Å². The van der Waals surface area contributed by atoms with Crippen molar-refractivity contribution in [1.82, 2.24) is 9.88 Å². The monoisotopic (exact) mass is 335 g/mol. The molecule has 2 aromatic rings. The second kappa shape index (κ2) is 6.06. The van der Waals surface area contributed by atoms with Crippen LogP contribution in [-0.2, 0) is 9.59 Å². The van der Waals surface area contributed by atoms with Gasteiger partial charge in [0.15, 0.2) is 5.13 Å². The van der Waals surface area contributed by atoms with Crippen LogP contribution < -0.4 is 5.32 Å². The third-order valence-electron chi connectivity index (χ3n) is 3.78. The summed E-state index contributed by atoms with van der Waals surface area (Å²) in [6.45, 7) is 0. The molecule has 1 N–H and O–H groups in total. The summed E-state index contributed by atoms with van der Waals surface area (Å²) in [5.41, 5.74) is 0.861. The minimum Gasteiger partial charge on any atom is -0.338 e. The molecule has 1 aliphatic heterocycles. The summed E-state index contributed by atoms with van der Waals surface area (Å²) in [6, 6.07) is 6.96. The second-order valence-corrected chi connectivity index (χ2v) is 6.47. The van der Waals surface area contributed by atoms with E-state index in [4.69, 9.17) is 11.6 Å². The van der Waals surface area contributed by atoms with E-state index in [-0.39, 0.29) is 24.3 Å². The van der Waals surface area contributed by atoms with Gasteiger partial charge in [-0.2, -0.15) is 0 Å². The summed E-state index contributed by atoms with van der Waals surface area (Å²) in [4.78, 5) is 30.2. The van der Waals surface area contributed by atoms with Crippen molar-refractivity contribution in [2.75, 3.05) is 12.4 Å². The number of aromatic nitrogens is 1. The lowest BCUT2D eigenvalue weighted by molar-refractivity contribution is -0.127. The fourth-order valence-electron chi connectivity index (χ4n) is 2.73. The molecular formula is C15H14ClN3O2S. The van der Waals surface area contributed by atoms with Gasteiger partial charge in [-0.05, 0) is 17.7 Å². The van der Waals surface area contributed by atoms with Gasteiger partial charge in [-0.1, -0.05) is 23.7 Å². The standard InChI is InChI=1S/C15H14ClN3O2S/c1-19-12(20)8-11(14(21)18-15-17-5-6-22-15)13(19)9-3-2-4-10(16)7-9/h2-7,11,13H,8H2,1H3,(H,17,18,21)/t11-,13+/m1/s1. The van der Waals surface area contributed by atoms with Crippen LogP contribution in [-0.4, -0.2) is 28.7 Å². The molecule has 2 atom stereocenters. The first-order valence-corrected chi connectivity index (χ1v) is 8.03. The molecule has 1 fully saturated rings. The van der Waals surface area contributed by atoms with Crippen LogP contribution in [0.15, 0.2) is 35.8 Å². The number of carbonyl (C=O) groups excluding carboxylic acids is 2. The van der Waals surface area contributed by atoms with Gasteiger partial charge in [0.2, 0.25) is 11.8 Å². The normalized spacial score (nSPS) is 21.2. The third-order valence-corrected chi connectivity index (χ3v) is 4.70. The van der Waals surface area contributed by atoms with E-state index in [9.17, 15) is 9.59 Å². The zero-order chi connectivity index (χ0) is 15.7.